The van der Waals surface area contributed by atoms with Gasteiger partial charge in [-0.1, -0.05) is 30.3 Å². The zero-order valence-corrected chi connectivity index (χ0v) is 7.88. The molecule has 0 saturated heterocycles. The first-order valence-electron chi connectivity index (χ1n) is 4.43. The van der Waals surface area contributed by atoms with E-state index in [9.17, 15) is 4.79 Å². The molecule has 0 aliphatic rings. The highest BCUT2D eigenvalue weighted by Gasteiger charge is 2.11. The molecule has 1 aromatic heterocycles. The van der Waals surface area contributed by atoms with Gasteiger partial charge >= 0.3 is 5.91 Å². The molecule has 0 bridgehead atoms. The summed E-state index contributed by atoms with van der Waals surface area (Å²) in [5, 5.41) is 10.5. The SMILES string of the molecule is N=c1c[n+](C(=O)Cc2ccccc2)[n-]o1. The maximum absolute atomic E-state index is 11.6. The van der Waals surface area contributed by atoms with Crippen LogP contribution < -0.4 is 15.5 Å². The Morgan fingerprint density at radius 1 is 1.40 bits per heavy atom. The van der Waals surface area contributed by atoms with Gasteiger partial charge in [0.15, 0.2) is 0 Å². The summed E-state index contributed by atoms with van der Waals surface area (Å²) in [4.78, 5) is 11.6. The lowest BCUT2D eigenvalue weighted by molar-refractivity contribution is -0.654. The molecule has 76 valence electrons. The fourth-order valence-electron chi connectivity index (χ4n) is 1.22. The van der Waals surface area contributed by atoms with Crippen molar-refractivity contribution < 1.29 is 14.0 Å². The fourth-order valence-corrected chi connectivity index (χ4v) is 1.22. The van der Waals surface area contributed by atoms with Crippen LogP contribution in [0.2, 0.25) is 0 Å². The van der Waals surface area contributed by atoms with Crippen molar-refractivity contribution in [2.75, 3.05) is 0 Å². The molecule has 0 aliphatic carbocycles. The Hall–Kier alpha value is -2.17. The van der Waals surface area contributed by atoms with Crippen LogP contribution in [-0.4, -0.2) is 5.91 Å². The number of nitrogens with one attached hydrogen (secondary N) is 1. The zero-order valence-electron chi connectivity index (χ0n) is 7.88. The van der Waals surface area contributed by atoms with Crippen LogP contribution in [0.4, 0.5) is 0 Å². The quantitative estimate of drug-likeness (QED) is 0.692. The summed E-state index contributed by atoms with van der Waals surface area (Å²) in [6, 6.07) is 9.34. The largest absolute Gasteiger partial charge is 0.486 e. The number of nitrogens with zero attached hydrogens (tertiary/aromatic N) is 2. The average molecular weight is 203 g/mol. The number of benzene rings is 1. The van der Waals surface area contributed by atoms with Gasteiger partial charge in [0.2, 0.25) is 6.20 Å². The Balaban J connectivity index is 2.14. The Morgan fingerprint density at radius 3 is 2.73 bits per heavy atom. The molecule has 0 spiro atoms. The standard InChI is InChI=1S/C10H9N3O2/c11-9-7-13(12-15-9)10(14)6-8-4-2-1-3-5-8/h1-5,7,11H,6H2. The minimum atomic E-state index is -0.219. The summed E-state index contributed by atoms with van der Waals surface area (Å²) < 4.78 is 5.52. The lowest BCUT2D eigenvalue weighted by Crippen LogP contribution is -2.46. The molecule has 0 fully saturated rings. The number of rotatable bonds is 2. The third-order valence-corrected chi connectivity index (χ3v) is 1.92. The van der Waals surface area contributed by atoms with Crippen molar-refractivity contribution in [3.05, 3.63) is 47.6 Å². The molecular weight excluding hydrogens is 194 g/mol. The third kappa shape index (κ3) is 2.19. The monoisotopic (exact) mass is 203 g/mol. The molecule has 15 heavy (non-hydrogen) atoms. The molecule has 1 N–H and O–H groups in total. The average Bonchev–Trinajstić information content (AvgIpc) is 2.66. The van der Waals surface area contributed by atoms with Gasteiger partial charge in [-0.25, -0.2) is 10.1 Å². The van der Waals surface area contributed by atoms with Crippen LogP contribution in [0, 0.1) is 5.41 Å². The third-order valence-electron chi connectivity index (χ3n) is 1.92. The van der Waals surface area contributed by atoms with Crippen LogP contribution in [0.15, 0.2) is 41.1 Å². The van der Waals surface area contributed by atoms with Crippen molar-refractivity contribution in [1.29, 1.82) is 5.41 Å². The van der Waals surface area contributed by atoms with E-state index in [0.29, 0.717) is 0 Å². The summed E-state index contributed by atoms with van der Waals surface area (Å²) in [5.41, 5.74) is 0.779. The van der Waals surface area contributed by atoms with E-state index in [-0.39, 0.29) is 17.9 Å². The second kappa shape index (κ2) is 3.91. The van der Waals surface area contributed by atoms with Gasteiger partial charge < -0.3 is 4.52 Å². The number of carbonyl (C=O) groups excluding carboxylic acids is 1. The predicted octanol–water partition coefficient (Wildman–Crippen LogP) is -0.113. The minimum Gasteiger partial charge on any atom is -0.486 e. The number of hydrogen-bond acceptors (Lipinski definition) is 3. The van der Waals surface area contributed by atoms with Gasteiger partial charge in [0.05, 0.1) is 6.42 Å². The van der Waals surface area contributed by atoms with E-state index in [2.05, 4.69) is 9.79 Å². The molecule has 1 aromatic carbocycles. The molecular formula is C10H9N3O2. The molecule has 0 saturated carbocycles. The van der Waals surface area contributed by atoms with Crippen LogP contribution in [0.1, 0.15) is 10.4 Å². The Labute approximate surface area is 85.4 Å². The highest BCUT2D eigenvalue weighted by molar-refractivity contribution is 5.69. The molecule has 5 nitrogen and oxygen atoms in total. The molecule has 0 aliphatic heterocycles. The van der Waals surface area contributed by atoms with Crippen LogP contribution in [0.25, 0.3) is 0 Å². The van der Waals surface area contributed by atoms with Gasteiger partial charge in [-0.2, -0.15) is 4.68 Å². The van der Waals surface area contributed by atoms with Crippen molar-refractivity contribution in [2.45, 2.75) is 6.42 Å². The highest BCUT2D eigenvalue weighted by Crippen LogP contribution is 1.98. The van der Waals surface area contributed by atoms with Crippen molar-refractivity contribution in [1.82, 2.24) is 5.27 Å². The highest BCUT2D eigenvalue weighted by atomic mass is 16.5. The van der Waals surface area contributed by atoms with E-state index < -0.39 is 0 Å². The summed E-state index contributed by atoms with van der Waals surface area (Å²) in [7, 11) is 0. The Bertz CT molecular complexity index is 513. The van der Waals surface area contributed by atoms with Gasteiger partial charge in [0, 0.05) is 0 Å². The van der Waals surface area contributed by atoms with E-state index in [4.69, 9.17) is 5.41 Å². The van der Waals surface area contributed by atoms with Gasteiger partial charge in [0.25, 0.3) is 5.55 Å². The second-order valence-corrected chi connectivity index (χ2v) is 3.07. The van der Waals surface area contributed by atoms with Gasteiger partial charge in [-0.15, -0.1) is 0 Å². The molecule has 0 radical (unpaired) electrons. The number of aromatic nitrogens is 2. The van der Waals surface area contributed by atoms with Gasteiger partial charge in [-0.3, -0.25) is 5.41 Å². The van der Waals surface area contributed by atoms with E-state index in [1.54, 1.807) is 0 Å². The maximum Gasteiger partial charge on any atom is 0.389 e. The summed E-state index contributed by atoms with van der Waals surface area (Å²) >= 11 is 0. The van der Waals surface area contributed by atoms with E-state index in [1.807, 2.05) is 30.3 Å². The molecule has 2 aromatic rings. The minimum absolute atomic E-state index is 0.128. The molecule has 5 heteroatoms. The summed E-state index contributed by atoms with van der Waals surface area (Å²) in [6.45, 7) is 0. The van der Waals surface area contributed by atoms with Crippen LogP contribution in [0.5, 0.6) is 0 Å². The molecule has 2 rings (SSSR count). The fraction of sp³-hybridized carbons (Fsp3) is 0.100. The molecule has 0 unspecified atom stereocenters. The maximum atomic E-state index is 11.6. The van der Waals surface area contributed by atoms with Crippen molar-refractivity contribution in [3.63, 3.8) is 0 Å². The lowest BCUT2D eigenvalue weighted by Gasteiger charge is -1.96. The molecule has 0 amide bonds. The van der Waals surface area contributed by atoms with Crippen molar-refractivity contribution in [2.24, 2.45) is 0 Å². The molecule has 1 heterocycles. The number of carbonyl (C=O) groups is 1. The molecule has 0 atom stereocenters. The predicted molar refractivity (Wildman–Crippen MR) is 48.9 cm³/mol. The van der Waals surface area contributed by atoms with Gasteiger partial charge in [-0.05, 0) is 5.56 Å². The first kappa shape index (κ1) is 9.39. The lowest BCUT2D eigenvalue weighted by atomic mass is 10.1. The van der Waals surface area contributed by atoms with E-state index >= 15 is 0 Å². The van der Waals surface area contributed by atoms with Crippen molar-refractivity contribution in [3.8, 4) is 0 Å². The Morgan fingerprint density at radius 2 is 2.13 bits per heavy atom. The van der Waals surface area contributed by atoms with Crippen LogP contribution in [-0.2, 0) is 6.42 Å². The van der Waals surface area contributed by atoms with Crippen LogP contribution >= 0.6 is 0 Å². The van der Waals surface area contributed by atoms with E-state index in [0.717, 1.165) is 10.2 Å². The zero-order chi connectivity index (χ0) is 10.7. The summed E-state index contributed by atoms with van der Waals surface area (Å²) in [5.74, 6) is -0.219. The topological polar surface area (TPSA) is 72.0 Å². The van der Waals surface area contributed by atoms with Crippen LogP contribution in [0.3, 0.4) is 0 Å². The first-order valence-corrected chi connectivity index (χ1v) is 4.43. The van der Waals surface area contributed by atoms with Crippen molar-refractivity contribution >= 4 is 5.91 Å². The first-order chi connectivity index (χ1) is 7.25. The normalized spacial score (nSPS) is 10.1. The Kier molecular flexibility index (Phi) is 2.45. The van der Waals surface area contributed by atoms with Gasteiger partial charge in [0.1, 0.15) is 0 Å². The second-order valence-electron chi connectivity index (χ2n) is 3.07. The number of hydrogen-bond donors (Lipinski definition) is 1. The summed E-state index contributed by atoms with van der Waals surface area (Å²) in [6.07, 6.45) is 1.49. The smallest absolute Gasteiger partial charge is 0.389 e. The van der Waals surface area contributed by atoms with E-state index in [1.165, 1.54) is 6.20 Å².